The minimum Gasteiger partial charge on any atom is -0.463 e. The lowest BCUT2D eigenvalue weighted by Gasteiger charge is -2.61. The Bertz CT molecular complexity index is 670. The summed E-state index contributed by atoms with van der Waals surface area (Å²) in [6.07, 6.45) is 15.2. The smallest absolute Gasteiger partial charge is 0.302 e. The normalized spacial score (nSPS) is 45.5. The Balaban J connectivity index is 1.43. The average molecular weight is 445 g/mol. The summed E-state index contributed by atoms with van der Waals surface area (Å²) < 4.78 is 5.66. The highest BCUT2D eigenvalue weighted by Crippen LogP contribution is 2.68. The summed E-state index contributed by atoms with van der Waals surface area (Å²) in [6.45, 7) is 16.7. The first-order valence-electron chi connectivity index (χ1n) is 14.2. The maximum atomic E-state index is 11.5. The Labute approximate surface area is 199 Å². The summed E-state index contributed by atoms with van der Waals surface area (Å²) in [4.78, 5) is 11.5. The van der Waals surface area contributed by atoms with Gasteiger partial charge in [-0.3, -0.25) is 4.79 Å². The second-order valence-electron chi connectivity index (χ2n) is 13.7. The highest BCUT2D eigenvalue weighted by Gasteiger charge is 2.60. The summed E-state index contributed by atoms with van der Waals surface area (Å²) in [5.41, 5.74) is 1.07. The van der Waals surface area contributed by atoms with Gasteiger partial charge in [0.2, 0.25) is 0 Å². The molecule has 32 heavy (non-hydrogen) atoms. The van der Waals surface area contributed by atoms with E-state index in [4.69, 9.17) is 4.74 Å². The van der Waals surface area contributed by atoms with Crippen LogP contribution < -0.4 is 0 Å². The van der Waals surface area contributed by atoms with Crippen molar-refractivity contribution in [1.82, 2.24) is 0 Å². The molecule has 10 atom stereocenters. The molecule has 7 unspecified atom stereocenters. The van der Waals surface area contributed by atoms with E-state index in [0.717, 1.165) is 60.2 Å². The SMILES string of the molecule is CC(=O)OC1CCC2(C)C3CCC4(C)C(CCC4[C@H](C)CC[C@H](C)C(C)C)C3CC[C@H]2C1. The molecule has 4 aliphatic rings. The van der Waals surface area contributed by atoms with Gasteiger partial charge in [-0.05, 0) is 116 Å². The van der Waals surface area contributed by atoms with Gasteiger partial charge in [0.15, 0.2) is 0 Å². The van der Waals surface area contributed by atoms with Crippen LogP contribution >= 0.6 is 0 Å². The Morgan fingerprint density at radius 2 is 1.56 bits per heavy atom. The van der Waals surface area contributed by atoms with E-state index in [1.165, 1.54) is 57.8 Å². The van der Waals surface area contributed by atoms with E-state index in [1.807, 2.05) is 0 Å². The van der Waals surface area contributed by atoms with Gasteiger partial charge in [-0.15, -0.1) is 0 Å². The van der Waals surface area contributed by atoms with Crippen molar-refractivity contribution in [2.24, 2.45) is 58.2 Å². The van der Waals surface area contributed by atoms with Crippen LogP contribution in [0.2, 0.25) is 0 Å². The monoisotopic (exact) mass is 444 g/mol. The summed E-state index contributed by atoms with van der Waals surface area (Å²) in [5, 5.41) is 0. The van der Waals surface area contributed by atoms with E-state index in [0.29, 0.717) is 10.8 Å². The van der Waals surface area contributed by atoms with Crippen molar-refractivity contribution in [2.45, 2.75) is 125 Å². The van der Waals surface area contributed by atoms with E-state index in [1.54, 1.807) is 6.92 Å². The fourth-order valence-corrected chi connectivity index (χ4v) is 9.60. The average Bonchev–Trinajstić information content (AvgIpc) is 3.08. The quantitative estimate of drug-likeness (QED) is 0.385. The molecule has 0 aromatic heterocycles. The first kappa shape index (κ1) is 24.6. The van der Waals surface area contributed by atoms with Gasteiger partial charge in [0.1, 0.15) is 6.10 Å². The van der Waals surface area contributed by atoms with E-state index in [9.17, 15) is 4.79 Å². The largest absolute Gasteiger partial charge is 0.463 e. The van der Waals surface area contributed by atoms with Crippen molar-refractivity contribution in [2.75, 3.05) is 0 Å². The van der Waals surface area contributed by atoms with Crippen LogP contribution in [0, 0.1) is 58.2 Å². The van der Waals surface area contributed by atoms with Crippen LogP contribution in [0.15, 0.2) is 0 Å². The first-order valence-corrected chi connectivity index (χ1v) is 14.2. The summed E-state index contributed by atoms with van der Waals surface area (Å²) >= 11 is 0. The molecule has 0 amide bonds. The third-order valence-electron chi connectivity index (χ3n) is 11.9. The molecule has 4 rings (SSSR count). The van der Waals surface area contributed by atoms with Crippen LogP contribution in [0.25, 0.3) is 0 Å². The third-order valence-corrected chi connectivity index (χ3v) is 11.9. The number of carbonyl (C=O) groups is 1. The van der Waals surface area contributed by atoms with Gasteiger partial charge in [0.05, 0.1) is 0 Å². The molecule has 4 aliphatic carbocycles. The number of ether oxygens (including phenoxy) is 1. The van der Waals surface area contributed by atoms with Gasteiger partial charge in [-0.1, -0.05) is 54.4 Å². The van der Waals surface area contributed by atoms with Crippen molar-refractivity contribution in [3.63, 3.8) is 0 Å². The number of carbonyl (C=O) groups excluding carboxylic acids is 1. The topological polar surface area (TPSA) is 26.3 Å². The minimum atomic E-state index is -0.0883. The van der Waals surface area contributed by atoms with Gasteiger partial charge in [-0.2, -0.15) is 0 Å². The standard InChI is InChI=1S/C30H52O2/c1-19(2)20(3)8-9-21(4)26-12-13-27-25-11-10-23-18-24(32-22(5)31)14-16-29(23,6)28(25)15-17-30(26,27)7/h19-21,23-28H,8-18H2,1-7H3/t20-,21+,23-,24?,25?,26?,27?,28?,29?,30?/m0/s1. The lowest BCUT2D eigenvalue weighted by molar-refractivity contribution is -0.160. The van der Waals surface area contributed by atoms with Crippen LogP contribution in [0.4, 0.5) is 0 Å². The fourth-order valence-electron chi connectivity index (χ4n) is 9.60. The maximum Gasteiger partial charge on any atom is 0.302 e. The summed E-state index contributed by atoms with van der Waals surface area (Å²) in [6, 6.07) is 0. The Kier molecular flexibility index (Phi) is 7.11. The molecular formula is C30H52O2. The number of esters is 1. The predicted octanol–water partition coefficient (Wildman–Crippen LogP) is 8.29. The Morgan fingerprint density at radius 1 is 0.875 bits per heavy atom. The molecule has 2 heteroatoms. The van der Waals surface area contributed by atoms with Crippen LogP contribution in [-0.2, 0) is 9.53 Å². The van der Waals surface area contributed by atoms with E-state index in [-0.39, 0.29) is 12.1 Å². The molecule has 2 nitrogen and oxygen atoms in total. The van der Waals surface area contributed by atoms with Crippen LogP contribution in [0.5, 0.6) is 0 Å². The Morgan fingerprint density at radius 3 is 2.25 bits per heavy atom. The predicted molar refractivity (Wildman–Crippen MR) is 133 cm³/mol. The molecule has 0 aromatic rings. The van der Waals surface area contributed by atoms with Crippen LogP contribution in [0.3, 0.4) is 0 Å². The van der Waals surface area contributed by atoms with E-state index >= 15 is 0 Å². The summed E-state index contributed by atoms with van der Waals surface area (Å²) in [5.74, 6) is 6.99. The lowest BCUT2D eigenvalue weighted by Crippen LogP contribution is -2.54. The third kappa shape index (κ3) is 4.31. The molecular weight excluding hydrogens is 392 g/mol. The van der Waals surface area contributed by atoms with Crippen molar-refractivity contribution in [3.8, 4) is 0 Å². The zero-order valence-corrected chi connectivity index (χ0v) is 22.3. The maximum absolute atomic E-state index is 11.5. The molecule has 0 aromatic carbocycles. The second kappa shape index (κ2) is 9.26. The number of hydrogen-bond donors (Lipinski definition) is 0. The van der Waals surface area contributed by atoms with Crippen molar-refractivity contribution < 1.29 is 9.53 Å². The highest BCUT2D eigenvalue weighted by molar-refractivity contribution is 5.66. The number of fused-ring (bicyclic) bond motifs is 5. The Hall–Kier alpha value is -0.530. The molecule has 0 heterocycles. The fraction of sp³-hybridized carbons (Fsp3) is 0.967. The van der Waals surface area contributed by atoms with E-state index < -0.39 is 0 Å². The van der Waals surface area contributed by atoms with Crippen molar-refractivity contribution in [1.29, 1.82) is 0 Å². The first-order chi connectivity index (χ1) is 15.1. The second-order valence-corrected chi connectivity index (χ2v) is 13.7. The number of rotatable bonds is 6. The summed E-state index contributed by atoms with van der Waals surface area (Å²) in [7, 11) is 0. The zero-order valence-electron chi connectivity index (χ0n) is 22.3. The highest BCUT2D eigenvalue weighted by atomic mass is 16.5. The van der Waals surface area contributed by atoms with Crippen LogP contribution in [-0.4, -0.2) is 12.1 Å². The minimum absolute atomic E-state index is 0.0883. The molecule has 0 radical (unpaired) electrons. The van der Waals surface area contributed by atoms with Crippen LogP contribution in [0.1, 0.15) is 119 Å². The van der Waals surface area contributed by atoms with Gasteiger partial charge < -0.3 is 4.74 Å². The number of hydrogen-bond acceptors (Lipinski definition) is 2. The van der Waals surface area contributed by atoms with Crippen molar-refractivity contribution >= 4 is 5.97 Å². The molecule has 0 bridgehead atoms. The lowest BCUT2D eigenvalue weighted by atomic mass is 9.44. The molecule has 4 fully saturated rings. The van der Waals surface area contributed by atoms with Gasteiger partial charge >= 0.3 is 5.97 Å². The molecule has 4 saturated carbocycles. The van der Waals surface area contributed by atoms with Crippen molar-refractivity contribution in [3.05, 3.63) is 0 Å². The molecule has 0 aliphatic heterocycles. The molecule has 0 N–H and O–H groups in total. The zero-order chi connectivity index (χ0) is 23.3. The van der Waals surface area contributed by atoms with E-state index in [2.05, 4.69) is 41.5 Å². The van der Waals surface area contributed by atoms with Gasteiger partial charge in [0, 0.05) is 6.92 Å². The molecule has 184 valence electrons. The van der Waals surface area contributed by atoms with Gasteiger partial charge in [-0.25, -0.2) is 0 Å². The van der Waals surface area contributed by atoms with Gasteiger partial charge in [0.25, 0.3) is 0 Å². The molecule has 0 saturated heterocycles. The molecule has 0 spiro atoms.